The highest BCUT2D eigenvalue weighted by Crippen LogP contribution is 2.00. The molecule has 0 fully saturated rings. The van der Waals surface area contributed by atoms with Crippen molar-refractivity contribution in [2.75, 3.05) is 6.54 Å². The Morgan fingerprint density at radius 1 is 1.64 bits per heavy atom. The number of aromatic nitrogens is 2. The van der Waals surface area contributed by atoms with Gasteiger partial charge in [0.1, 0.15) is 5.69 Å². The monoisotopic (exact) mass is 198 g/mol. The zero-order valence-electron chi connectivity index (χ0n) is 8.18. The third kappa shape index (κ3) is 2.46. The fourth-order valence-electron chi connectivity index (χ4n) is 0.880. The van der Waals surface area contributed by atoms with Crippen molar-refractivity contribution in [3.8, 4) is 0 Å². The maximum atomic E-state index is 11.5. The second kappa shape index (κ2) is 3.67. The van der Waals surface area contributed by atoms with Crippen LogP contribution >= 0.6 is 0 Å². The molecule has 6 nitrogen and oxygen atoms in total. The van der Waals surface area contributed by atoms with Gasteiger partial charge in [0.05, 0.1) is 0 Å². The Kier molecular flexibility index (Phi) is 2.76. The van der Waals surface area contributed by atoms with E-state index in [1.54, 1.807) is 13.8 Å². The van der Waals surface area contributed by atoms with E-state index in [2.05, 4.69) is 15.3 Å². The number of nitrogens with two attached hydrogens (primary N) is 1. The number of carbonyl (C=O) groups is 1. The number of amides is 1. The molecule has 14 heavy (non-hydrogen) atoms. The molecule has 1 aromatic heterocycles. The average Bonchev–Trinajstić information content (AvgIpc) is 2.51. The Labute approximate surface area is 80.9 Å². The topological polar surface area (TPSA) is 104 Å². The molecule has 0 aromatic carbocycles. The van der Waals surface area contributed by atoms with E-state index in [4.69, 9.17) is 5.73 Å². The first kappa shape index (κ1) is 10.5. The van der Waals surface area contributed by atoms with Crippen molar-refractivity contribution in [2.24, 2.45) is 5.73 Å². The quantitative estimate of drug-likeness (QED) is 0.509. The van der Waals surface area contributed by atoms with Gasteiger partial charge in [0.15, 0.2) is 0 Å². The molecular formula is C8H14N4O2. The minimum Gasteiger partial charge on any atom is -0.345 e. The van der Waals surface area contributed by atoms with Crippen molar-refractivity contribution in [3.63, 3.8) is 0 Å². The van der Waals surface area contributed by atoms with Gasteiger partial charge in [-0.25, -0.2) is 4.79 Å². The highest BCUT2D eigenvalue weighted by molar-refractivity contribution is 5.92. The Balaban J connectivity index is 2.73. The Bertz CT molecular complexity index is 377. The molecule has 1 amide bonds. The van der Waals surface area contributed by atoms with Gasteiger partial charge in [-0.1, -0.05) is 0 Å². The molecule has 0 bridgehead atoms. The standard InChI is InChI=1S/C8H14N4O2/c1-8(2,4-9)12-6(13)5-3-10-7(14)11-5/h3H,4,9H2,1-2H3,(H,12,13)(H2,10,11,14). The summed E-state index contributed by atoms with van der Waals surface area (Å²) in [5.41, 5.74) is 4.77. The minimum absolute atomic E-state index is 0.205. The van der Waals surface area contributed by atoms with Crippen LogP contribution in [0.2, 0.25) is 0 Å². The summed E-state index contributed by atoms with van der Waals surface area (Å²) < 4.78 is 0. The molecule has 0 aliphatic carbocycles. The molecule has 0 aliphatic rings. The Morgan fingerprint density at radius 2 is 2.29 bits per heavy atom. The third-order valence-electron chi connectivity index (χ3n) is 1.80. The molecule has 1 heterocycles. The number of rotatable bonds is 3. The number of imidazole rings is 1. The molecule has 0 spiro atoms. The lowest BCUT2D eigenvalue weighted by Crippen LogP contribution is -2.49. The first-order valence-corrected chi connectivity index (χ1v) is 4.25. The summed E-state index contributed by atoms with van der Waals surface area (Å²) in [6.45, 7) is 3.93. The van der Waals surface area contributed by atoms with Crippen LogP contribution in [0.5, 0.6) is 0 Å². The van der Waals surface area contributed by atoms with E-state index in [0.717, 1.165) is 0 Å². The van der Waals surface area contributed by atoms with E-state index in [9.17, 15) is 9.59 Å². The van der Waals surface area contributed by atoms with Crippen LogP contribution < -0.4 is 16.7 Å². The molecule has 0 saturated heterocycles. The first-order valence-electron chi connectivity index (χ1n) is 4.25. The van der Waals surface area contributed by atoms with Gasteiger partial charge in [0.2, 0.25) is 0 Å². The third-order valence-corrected chi connectivity index (χ3v) is 1.80. The molecule has 5 N–H and O–H groups in total. The molecule has 0 atom stereocenters. The highest BCUT2D eigenvalue weighted by Gasteiger charge is 2.19. The van der Waals surface area contributed by atoms with E-state index in [1.165, 1.54) is 6.20 Å². The van der Waals surface area contributed by atoms with Gasteiger partial charge in [0.25, 0.3) is 5.91 Å². The van der Waals surface area contributed by atoms with Crippen LogP contribution in [0.4, 0.5) is 0 Å². The van der Waals surface area contributed by atoms with Gasteiger partial charge in [-0.3, -0.25) is 4.79 Å². The number of hydrogen-bond donors (Lipinski definition) is 4. The minimum atomic E-state index is -0.481. The average molecular weight is 198 g/mol. The van der Waals surface area contributed by atoms with Crippen LogP contribution in [0.25, 0.3) is 0 Å². The zero-order chi connectivity index (χ0) is 10.8. The fraction of sp³-hybridized carbons (Fsp3) is 0.500. The molecule has 0 saturated carbocycles. The van der Waals surface area contributed by atoms with Gasteiger partial charge < -0.3 is 21.0 Å². The van der Waals surface area contributed by atoms with Crippen LogP contribution in [-0.2, 0) is 0 Å². The predicted octanol–water partition coefficient (Wildman–Crippen LogP) is -0.830. The number of hydrogen-bond acceptors (Lipinski definition) is 3. The maximum absolute atomic E-state index is 11.5. The van der Waals surface area contributed by atoms with Crippen LogP contribution in [0.1, 0.15) is 24.3 Å². The van der Waals surface area contributed by atoms with Crippen LogP contribution in [-0.4, -0.2) is 28.0 Å². The van der Waals surface area contributed by atoms with Crippen molar-refractivity contribution < 1.29 is 4.79 Å². The SMILES string of the molecule is CC(C)(CN)NC(=O)c1c[nH]c(=O)[nH]1. The van der Waals surface area contributed by atoms with Gasteiger partial charge >= 0.3 is 5.69 Å². The van der Waals surface area contributed by atoms with E-state index in [-0.39, 0.29) is 11.6 Å². The smallest absolute Gasteiger partial charge is 0.323 e. The molecule has 6 heteroatoms. The van der Waals surface area contributed by atoms with Crippen molar-refractivity contribution in [3.05, 3.63) is 22.4 Å². The van der Waals surface area contributed by atoms with Gasteiger partial charge in [-0.05, 0) is 13.8 Å². The van der Waals surface area contributed by atoms with E-state index in [0.29, 0.717) is 6.54 Å². The lowest BCUT2D eigenvalue weighted by molar-refractivity contribution is 0.0911. The first-order chi connectivity index (χ1) is 6.44. The van der Waals surface area contributed by atoms with E-state index < -0.39 is 11.2 Å². The lowest BCUT2D eigenvalue weighted by Gasteiger charge is -2.23. The molecular weight excluding hydrogens is 184 g/mol. The van der Waals surface area contributed by atoms with Crippen LogP contribution in [0, 0.1) is 0 Å². The molecule has 0 radical (unpaired) electrons. The summed E-state index contributed by atoms with van der Waals surface area (Å²) in [7, 11) is 0. The van der Waals surface area contributed by atoms with Crippen molar-refractivity contribution >= 4 is 5.91 Å². The number of H-pyrrole nitrogens is 2. The number of nitrogens with one attached hydrogen (secondary N) is 3. The molecule has 78 valence electrons. The fourth-order valence-corrected chi connectivity index (χ4v) is 0.880. The Hall–Kier alpha value is -1.56. The van der Waals surface area contributed by atoms with Gasteiger partial charge in [0, 0.05) is 18.3 Å². The predicted molar refractivity (Wildman–Crippen MR) is 52.0 cm³/mol. The second-order valence-electron chi connectivity index (χ2n) is 3.70. The summed E-state index contributed by atoms with van der Waals surface area (Å²) in [6.07, 6.45) is 1.32. The molecule has 0 aliphatic heterocycles. The lowest BCUT2D eigenvalue weighted by atomic mass is 10.1. The van der Waals surface area contributed by atoms with Crippen LogP contribution in [0.3, 0.4) is 0 Å². The highest BCUT2D eigenvalue weighted by atomic mass is 16.2. The zero-order valence-corrected chi connectivity index (χ0v) is 8.18. The summed E-state index contributed by atoms with van der Waals surface area (Å²) in [5.74, 6) is -0.348. The van der Waals surface area contributed by atoms with Crippen molar-refractivity contribution in [1.29, 1.82) is 0 Å². The second-order valence-corrected chi connectivity index (χ2v) is 3.70. The summed E-state index contributed by atoms with van der Waals surface area (Å²) >= 11 is 0. The maximum Gasteiger partial charge on any atom is 0.323 e. The van der Waals surface area contributed by atoms with Crippen molar-refractivity contribution in [2.45, 2.75) is 19.4 Å². The van der Waals surface area contributed by atoms with Crippen LogP contribution in [0.15, 0.2) is 11.0 Å². The van der Waals surface area contributed by atoms with Gasteiger partial charge in [-0.2, -0.15) is 0 Å². The van der Waals surface area contributed by atoms with E-state index >= 15 is 0 Å². The van der Waals surface area contributed by atoms with Gasteiger partial charge in [-0.15, -0.1) is 0 Å². The summed E-state index contributed by atoms with van der Waals surface area (Å²) in [6, 6.07) is 0. The Morgan fingerprint density at radius 3 is 2.71 bits per heavy atom. The summed E-state index contributed by atoms with van der Waals surface area (Å²) in [4.78, 5) is 26.9. The summed E-state index contributed by atoms with van der Waals surface area (Å²) in [5, 5.41) is 2.68. The number of carbonyl (C=O) groups excluding carboxylic acids is 1. The number of aromatic amines is 2. The van der Waals surface area contributed by atoms with Crippen molar-refractivity contribution in [1.82, 2.24) is 15.3 Å². The molecule has 0 unspecified atom stereocenters. The molecule has 1 rings (SSSR count). The largest absolute Gasteiger partial charge is 0.345 e. The van der Waals surface area contributed by atoms with E-state index in [1.807, 2.05) is 0 Å². The molecule has 1 aromatic rings. The normalized spacial score (nSPS) is 11.4.